The van der Waals surface area contributed by atoms with Crippen LogP contribution in [0.5, 0.6) is 0 Å². The molecule has 0 saturated heterocycles. The Kier molecular flexibility index (Phi) is 5.55. The number of likely N-dealkylation sites (N-methyl/N-ethyl adjacent to an activating group) is 1. The molecular weight excluding hydrogens is 300 g/mol. The van der Waals surface area contributed by atoms with Gasteiger partial charge in [-0.25, -0.2) is 0 Å². The van der Waals surface area contributed by atoms with E-state index >= 15 is 0 Å². The van der Waals surface area contributed by atoms with E-state index in [4.69, 9.17) is 0 Å². The maximum atomic E-state index is 4.19. The van der Waals surface area contributed by atoms with E-state index in [1.165, 1.54) is 15.6 Å². The van der Waals surface area contributed by atoms with Crippen molar-refractivity contribution in [1.82, 2.24) is 10.3 Å². The van der Waals surface area contributed by atoms with Crippen LogP contribution in [0.4, 0.5) is 0 Å². The second-order valence-electron chi connectivity index (χ2n) is 4.62. The van der Waals surface area contributed by atoms with Crippen LogP contribution in [0, 0.1) is 0 Å². The minimum Gasteiger partial charge on any atom is -0.314 e. The van der Waals surface area contributed by atoms with Gasteiger partial charge in [-0.15, -0.1) is 0 Å². The molecule has 100 valence electrons. The first-order valence-electron chi connectivity index (χ1n) is 6.65. The highest BCUT2D eigenvalue weighted by Gasteiger charge is 2.11. The van der Waals surface area contributed by atoms with Gasteiger partial charge in [0.1, 0.15) is 0 Å². The van der Waals surface area contributed by atoms with Gasteiger partial charge in [0.15, 0.2) is 0 Å². The highest BCUT2D eigenvalue weighted by Crippen LogP contribution is 2.18. The normalized spacial score (nSPS) is 12.3. The molecule has 1 unspecified atom stereocenters. The molecule has 1 N–H and O–H groups in total. The van der Waals surface area contributed by atoms with Crippen LogP contribution in [0.3, 0.4) is 0 Å². The zero-order valence-corrected chi connectivity index (χ0v) is 12.7. The van der Waals surface area contributed by atoms with Crippen molar-refractivity contribution in [3.63, 3.8) is 0 Å². The molecule has 0 aliphatic carbocycles. The number of rotatable bonds is 6. The van der Waals surface area contributed by atoms with E-state index in [0.29, 0.717) is 6.04 Å². The number of hydrogen-bond donors (Lipinski definition) is 1. The Bertz CT molecular complexity index is 499. The van der Waals surface area contributed by atoms with E-state index in [2.05, 4.69) is 63.5 Å². The van der Waals surface area contributed by atoms with Gasteiger partial charge in [0, 0.05) is 22.9 Å². The van der Waals surface area contributed by atoms with E-state index in [1.807, 2.05) is 18.5 Å². The average Bonchev–Trinajstić information content (AvgIpc) is 2.43. The standard InChI is InChI=1S/C16H19BrN2/c1-2-19-15(10-13-6-5-9-18-12-13)11-14-7-3-4-8-16(14)17/h3-9,12,15,19H,2,10-11H2,1H3. The van der Waals surface area contributed by atoms with Gasteiger partial charge in [0.2, 0.25) is 0 Å². The summed E-state index contributed by atoms with van der Waals surface area (Å²) in [6, 6.07) is 13.0. The summed E-state index contributed by atoms with van der Waals surface area (Å²) >= 11 is 3.62. The Balaban J connectivity index is 2.06. The molecule has 1 aromatic carbocycles. The number of halogens is 1. The van der Waals surface area contributed by atoms with Gasteiger partial charge in [0.05, 0.1) is 0 Å². The summed E-state index contributed by atoms with van der Waals surface area (Å²) in [6.07, 6.45) is 5.79. The molecule has 1 aromatic heterocycles. The van der Waals surface area contributed by atoms with Crippen molar-refractivity contribution in [2.24, 2.45) is 0 Å². The zero-order valence-electron chi connectivity index (χ0n) is 11.1. The van der Waals surface area contributed by atoms with E-state index < -0.39 is 0 Å². The molecule has 0 spiro atoms. The third kappa shape index (κ3) is 4.44. The first-order chi connectivity index (χ1) is 9.29. The number of nitrogens with zero attached hydrogens (tertiary/aromatic N) is 1. The van der Waals surface area contributed by atoms with Gasteiger partial charge in [-0.1, -0.05) is 47.1 Å². The van der Waals surface area contributed by atoms with Gasteiger partial charge in [0.25, 0.3) is 0 Å². The van der Waals surface area contributed by atoms with Crippen molar-refractivity contribution < 1.29 is 0 Å². The van der Waals surface area contributed by atoms with Crippen molar-refractivity contribution in [2.75, 3.05) is 6.54 Å². The quantitative estimate of drug-likeness (QED) is 0.880. The lowest BCUT2D eigenvalue weighted by Gasteiger charge is -2.18. The first kappa shape index (κ1) is 14.2. The van der Waals surface area contributed by atoms with Crippen molar-refractivity contribution in [1.29, 1.82) is 0 Å². The van der Waals surface area contributed by atoms with Gasteiger partial charge in [-0.3, -0.25) is 4.98 Å². The summed E-state index contributed by atoms with van der Waals surface area (Å²) in [5, 5.41) is 3.56. The fourth-order valence-corrected chi connectivity index (χ4v) is 2.68. The van der Waals surface area contributed by atoms with Crippen molar-refractivity contribution in [3.8, 4) is 0 Å². The third-order valence-electron chi connectivity index (χ3n) is 3.12. The van der Waals surface area contributed by atoms with Gasteiger partial charge < -0.3 is 5.32 Å². The first-order valence-corrected chi connectivity index (χ1v) is 7.44. The molecule has 0 aliphatic heterocycles. The van der Waals surface area contributed by atoms with Gasteiger partial charge in [-0.05, 0) is 42.6 Å². The van der Waals surface area contributed by atoms with Crippen LogP contribution >= 0.6 is 15.9 Å². The molecule has 0 aliphatic rings. The van der Waals surface area contributed by atoms with Crippen LogP contribution in [0.2, 0.25) is 0 Å². The van der Waals surface area contributed by atoms with Gasteiger partial charge >= 0.3 is 0 Å². The molecule has 0 radical (unpaired) electrons. The Morgan fingerprint density at radius 3 is 2.68 bits per heavy atom. The summed E-state index contributed by atoms with van der Waals surface area (Å²) in [5.74, 6) is 0. The lowest BCUT2D eigenvalue weighted by Crippen LogP contribution is -2.33. The highest BCUT2D eigenvalue weighted by molar-refractivity contribution is 9.10. The minimum absolute atomic E-state index is 0.438. The SMILES string of the molecule is CCNC(Cc1cccnc1)Cc1ccccc1Br. The van der Waals surface area contributed by atoms with Crippen molar-refractivity contribution in [3.05, 3.63) is 64.4 Å². The van der Waals surface area contributed by atoms with Crippen LogP contribution in [-0.4, -0.2) is 17.6 Å². The fourth-order valence-electron chi connectivity index (χ4n) is 2.24. The Labute approximate surface area is 123 Å². The third-order valence-corrected chi connectivity index (χ3v) is 3.90. The predicted molar refractivity (Wildman–Crippen MR) is 83.3 cm³/mol. The molecule has 2 rings (SSSR count). The topological polar surface area (TPSA) is 24.9 Å². The molecular formula is C16H19BrN2. The lowest BCUT2D eigenvalue weighted by atomic mass is 10.00. The number of pyridine rings is 1. The smallest absolute Gasteiger partial charge is 0.0300 e. The maximum Gasteiger partial charge on any atom is 0.0300 e. The second-order valence-corrected chi connectivity index (χ2v) is 5.47. The summed E-state index contributed by atoms with van der Waals surface area (Å²) < 4.78 is 1.18. The van der Waals surface area contributed by atoms with E-state index in [0.717, 1.165) is 19.4 Å². The largest absolute Gasteiger partial charge is 0.314 e. The maximum absolute atomic E-state index is 4.19. The Morgan fingerprint density at radius 1 is 1.16 bits per heavy atom. The molecule has 1 atom stereocenters. The van der Waals surface area contributed by atoms with Crippen molar-refractivity contribution in [2.45, 2.75) is 25.8 Å². The van der Waals surface area contributed by atoms with Crippen LogP contribution in [0.1, 0.15) is 18.1 Å². The second kappa shape index (κ2) is 7.41. The highest BCUT2D eigenvalue weighted by atomic mass is 79.9. The molecule has 2 nitrogen and oxygen atoms in total. The van der Waals surface area contributed by atoms with Crippen molar-refractivity contribution >= 4 is 15.9 Å². The molecule has 0 saturated carbocycles. The van der Waals surface area contributed by atoms with Crippen LogP contribution < -0.4 is 5.32 Å². The van der Waals surface area contributed by atoms with E-state index in [1.54, 1.807) is 0 Å². The molecule has 2 aromatic rings. The van der Waals surface area contributed by atoms with Crippen LogP contribution in [-0.2, 0) is 12.8 Å². The lowest BCUT2D eigenvalue weighted by molar-refractivity contribution is 0.520. The van der Waals surface area contributed by atoms with Gasteiger partial charge in [-0.2, -0.15) is 0 Å². The molecule has 1 heterocycles. The number of benzene rings is 1. The number of hydrogen-bond acceptors (Lipinski definition) is 2. The molecule has 0 bridgehead atoms. The molecule has 19 heavy (non-hydrogen) atoms. The Hall–Kier alpha value is -1.19. The average molecular weight is 319 g/mol. The zero-order chi connectivity index (χ0) is 13.5. The molecule has 0 fully saturated rings. The van der Waals surface area contributed by atoms with E-state index in [-0.39, 0.29) is 0 Å². The van der Waals surface area contributed by atoms with Crippen LogP contribution in [0.25, 0.3) is 0 Å². The minimum atomic E-state index is 0.438. The monoisotopic (exact) mass is 318 g/mol. The molecule has 0 amide bonds. The summed E-state index contributed by atoms with van der Waals surface area (Å²) in [4.78, 5) is 4.19. The number of nitrogens with one attached hydrogen (secondary N) is 1. The van der Waals surface area contributed by atoms with E-state index in [9.17, 15) is 0 Å². The number of aromatic nitrogens is 1. The summed E-state index contributed by atoms with van der Waals surface area (Å²) in [7, 11) is 0. The fraction of sp³-hybridized carbons (Fsp3) is 0.312. The Morgan fingerprint density at radius 2 is 2.00 bits per heavy atom. The summed E-state index contributed by atoms with van der Waals surface area (Å²) in [5.41, 5.74) is 2.62. The van der Waals surface area contributed by atoms with Crippen LogP contribution in [0.15, 0.2) is 53.3 Å². The molecule has 3 heteroatoms. The predicted octanol–water partition coefficient (Wildman–Crippen LogP) is 3.61. The summed E-state index contributed by atoms with van der Waals surface area (Å²) in [6.45, 7) is 3.13.